The first-order valence-corrected chi connectivity index (χ1v) is 21.6. The van der Waals surface area contributed by atoms with Gasteiger partial charge in [-0.25, -0.2) is 4.79 Å². The number of pyridine rings is 1. The lowest BCUT2D eigenvalue weighted by Gasteiger charge is -2.34. The zero-order valence-electron chi connectivity index (χ0n) is 36.3. The number of hydrogen-bond acceptors (Lipinski definition) is 7. The molecule has 0 aliphatic carbocycles. The van der Waals surface area contributed by atoms with E-state index in [0.717, 1.165) is 55.9 Å². The number of amides is 1. The summed E-state index contributed by atoms with van der Waals surface area (Å²) >= 11 is 13.6. The molecule has 0 spiro atoms. The first-order valence-electron chi connectivity index (χ1n) is 20.8. The standard InChI is InChI=1S/C48H51Cl2N7O5/c1-27-22-34(23-28(2)42(27)50)61-20-11-13-35-36-15-16-38(49)41(40-30(4)52-54(8)31(40)5)43(36)57-29(3)25-56(47(58)45(35)57)44-37-24-33(62-21-19-53(6)7)14-17-39(37)55(46(44)48(59)60)26-32-12-9-10-18-51-32/h9-10,12,14-18,22-24,29H,11,13,19-21,25-26H2,1-8H3,(H,59,60)/t29-/m1/s1. The van der Waals surface area contributed by atoms with Crippen LogP contribution in [0, 0.1) is 27.7 Å². The Bertz CT molecular complexity index is 2860. The second kappa shape index (κ2) is 17.2. The van der Waals surface area contributed by atoms with Gasteiger partial charge >= 0.3 is 5.97 Å². The molecule has 5 heterocycles. The van der Waals surface area contributed by atoms with Crippen molar-refractivity contribution in [2.75, 3.05) is 45.3 Å². The molecular formula is C48H51Cl2N7O5. The Balaban J connectivity index is 1.31. The molecule has 1 amide bonds. The van der Waals surface area contributed by atoms with E-state index >= 15 is 4.79 Å². The van der Waals surface area contributed by atoms with Gasteiger partial charge in [0, 0.05) is 65.0 Å². The molecule has 7 aromatic rings. The number of nitrogens with zero attached hydrogens (tertiary/aromatic N) is 7. The number of halogens is 2. The number of aryl methyl sites for hydroxylation is 5. The maximum atomic E-state index is 15.7. The lowest BCUT2D eigenvalue weighted by Crippen LogP contribution is -2.43. The van der Waals surface area contributed by atoms with E-state index in [1.165, 1.54) is 0 Å². The molecule has 62 heavy (non-hydrogen) atoms. The van der Waals surface area contributed by atoms with Gasteiger partial charge in [-0.1, -0.05) is 35.3 Å². The topological polar surface area (TPSA) is 120 Å². The van der Waals surface area contributed by atoms with Gasteiger partial charge in [-0.2, -0.15) is 5.10 Å². The quantitative estimate of drug-likeness (QED) is 0.107. The molecule has 8 rings (SSSR count). The molecule has 0 saturated heterocycles. The summed E-state index contributed by atoms with van der Waals surface area (Å²) in [6.07, 6.45) is 2.78. The minimum absolute atomic E-state index is 0.00458. The Hall–Kier alpha value is -5.82. The van der Waals surface area contributed by atoms with Gasteiger partial charge in [-0.15, -0.1) is 0 Å². The molecule has 14 heteroatoms. The van der Waals surface area contributed by atoms with Crippen molar-refractivity contribution in [2.45, 2.75) is 60.0 Å². The van der Waals surface area contributed by atoms with Crippen molar-refractivity contribution in [1.82, 2.24) is 28.8 Å². The number of ether oxygens (including phenoxy) is 2. The Morgan fingerprint density at radius 1 is 0.935 bits per heavy atom. The Morgan fingerprint density at radius 3 is 2.34 bits per heavy atom. The number of carboxylic acids is 1. The van der Waals surface area contributed by atoms with E-state index in [4.69, 9.17) is 37.8 Å². The molecule has 1 aliphatic heterocycles. The fraction of sp³-hybridized carbons (Fsp3) is 0.333. The molecule has 12 nitrogen and oxygen atoms in total. The monoisotopic (exact) mass is 875 g/mol. The molecule has 3 aromatic carbocycles. The van der Waals surface area contributed by atoms with Crippen molar-refractivity contribution >= 4 is 62.6 Å². The van der Waals surface area contributed by atoms with Crippen LogP contribution in [-0.2, 0) is 20.0 Å². The summed E-state index contributed by atoms with van der Waals surface area (Å²) in [5.74, 6) is -0.156. The number of hydrogen-bond donors (Lipinski definition) is 1. The van der Waals surface area contributed by atoms with E-state index in [1.54, 1.807) is 15.7 Å². The van der Waals surface area contributed by atoms with Crippen molar-refractivity contribution in [3.05, 3.63) is 122 Å². The molecule has 4 aromatic heterocycles. The second-order valence-electron chi connectivity index (χ2n) is 16.5. The van der Waals surface area contributed by atoms with Gasteiger partial charge in [0.05, 0.1) is 46.3 Å². The van der Waals surface area contributed by atoms with E-state index in [2.05, 4.69) is 16.5 Å². The van der Waals surface area contributed by atoms with Crippen LogP contribution < -0.4 is 14.4 Å². The summed E-state index contributed by atoms with van der Waals surface area (Å²) in [4.78, 5) is 37.5. The smallest absolute Gasteiger partial charge is 0.354 e. The molecule has 0 saturated carbocycles. The SMILES string of the molecule is Cc1cc(OCCCc2c3n(c4c(-c5c(C)nn(C)c5C)c(Cl)ccc24)[C@H](C)CN(c2c(C(=O)O)n(Cc4ccccn4)c4ccc(OCCN(C)C)cc24)C3=O)cc(C)c1Cl. The molecule has 0 bridgehead atoms. The number of benzene rings is 3. The predicted molar refractivity (Wildman–Crippen MR) is 246 cm³/mol. The summed E-state index contributed by atoms with van der Waals surface area (Å²) in [7, 11) is 5.86. The first kappa shape index (κ1) is 42.9. The highest BCUT2D eigenvalue weighted by molar-refractivity contribution is 6.35. The fourth-order valence-corrected chi connectivity index (χ4v) is 9.34. The summed E-state index contributed by atoms with van der Waals surface area (Å²) < 4.78 is 18.2. The largest absolute Gasteiger partial charge is 0.494 e. The average molecular weight is 877 g/mol. The van der Waals surface area contributed by atoms with Crippen LogP contribution in [0.15, 0.2) is 66.9 Å². The molecule has 0 unspecified atom stereocenters. The molecule has 1 N–H and O–H groups in total. The van der Waals surface area contributed by atoms with Gasteiger partial charge in [0.25, 0.3) is 5.91 Å². The number of aromatic nitrogens is 5. The van der Waals surface area contributed by atoms with Gasteiger partial charge in [-0.3, -0.25) is 14.5 Å². The van der Waals surface area contributed by atoms with Crippen LogP contribution in [0.5, 0.6) is 11.5 Å². The predicted octanol–water partition coefficient (Wildman–Crippen LogP) is 9.85. The number of rotatable bonds is 14. The number of fused-ring (bicyclic) bond motifs is 4. The molecule has 1 aliphatic rings. The minimum Gasteiger partial charge on any atom is -0.494 e. The maximum absolute atomic E-state index is 15.7. The molecule has 0 radical (unpaired) electrons. The van der Waals surface area contributed by atoms with Gasteiger partial charge in [0.1, 0.15) is 23.8 Å². The summed E-state index contributed by atoms with van der Waals surface area (Å²) in [6, 6.07) is 18.6. The van der Waals surface area contributed by atoms with E-state index < -0.39 is 5.97 Å². The summed E-state index contributed by atoms with van der Waals surface area (Å²) in [5.41, 5.74) is 9.20. The highest BCUT2D eigenvalue weighted by Gasteiger charge is 2.40. The molecular weight excluding hydrogens is 825 g/mol. The summed E-state index contributed by atoms with van der Waals surface area (Å²) in [6.45, 7) is 11.9. The highest BCUT2D eigenvalue weighted by Crippen LogP contribution is 2.47. The lowest BCUT2D eigenvalue weighted by atomic mass is 9.98. The van der Waals surface area contributed by atoms with Gasteiger partial charge in [0.2, 0.25) is 0 Å². The number of anilines is 1. The van der Waals surface area contributed by atoms with E-state index in [-0.39, 0.29) is 30.7 Å². The summed E-state index contributed by atoms with van der Waals surface area (Å²) in [5, 5.41) is 18.6. The zero-order chi connectivity index (χ0) is 44.1. The zero-order valence-corrected chi connectivity index (χ0v) is 37.9. The normalized spacial score (nSPS) is 14.1. The van der Waals surface area contributed by atoms with Crippen molar-refractivity contribution in [3.8, 4) is 22.6 Å². The van der Waals surface area contributed by atoms with Crippen LogP contribution in [0.2, 0.25) is 10.0 Å². The minimum atomic E-state index is -1.16. The van der Waals surface area contributed by atoms with E-state index in [0.29, 0.717) is 76.4 Å². The van der Waals surface area contributed by atoms with Crippen LogP contribution in [0.1, 0.15) is 74.1 Å². The van der Waals surface area contributed by atoms with Gasteiger partial charge in [0.15, 0.2) is 5.69 Å². The van der Waals surface area contributed by atoms with Gasteiger partial charge < -0.3 is 33.5 Å². The van der Waals surface area contributed by atoms with E-state index in [1.807, 2.05) is 119 Å². The van der Waals surface area contributed by atoms with Crippen LogP contribution in [0.25, 0.3) is 32.9 Å². The Morgan fingerprint density at radius 2 is 1.68 bits per heavy atom. The number of carboxylic acid groups (broad SMARTS) is 1. The molecule has 0 fully saturated rings. The van der Waals surface area contributed by atoms with Crippen LogP contribution in [0.3, 0.4) is 0 Å². The number of aromatic carboxylic acids is 1. The van der Waals surface area contributed by atoms with Crippen LogP contribution in [-0.4, -0.2) is 86.2 Å². The van der Waals surface area contributed by atoms with Crippen molar-refractivity contribution < 1.29 is 24.2 Å². The second-order valence-corrected chi connectivity index (χ2v) is 17.3. The third-order valence-electron chi connectivity index (χ3n) is 11.9. The van der Waals surface area contributed by atoms with E-state index in [9.17, 15) is 9.90 Å². The van der Waals surface area contributed by atoms with Crippen molar-refractivity contribution in [3.63, 3.8) is 0 Å². The number of likely N-dealkylation sites (N-methyl/N-ethyl adjacent to an activating group) is 1. The van der Waals surface area contributed by atoms with Crippen LogP contribution in [0.4, 0.5) is 5.69 Å². The van der Waals surface area contributed by atoms with Crippen LogP contribution >= 0.6 is 23.2 Å². The van der Waals surface area contributed by atoms with Crippen molar-refractivity contribution in [1.29, 1.82) is 0 Å². The lowest BCUT2D eigenvalue weighted by molar-refractivity contribution is 0.0687. The van der Waals surface area contributed by atoms with Gasteiger partial charge in [-0.05, 0) is 127 Å². The third-order valence-corrected chi connectivity index (χ3v) is 12.8. The average Bonchev–Trinajstić information content (AvgIpc) is 3.82. The molecule has 322 valence electrons. The molecule has 1 atom stereocenters. The van der Waals surface area contributed by atoms with Crippen molar-refractivity contribution in [2.24, 2.45) is 7.05 Å². The first-order chi connectivity index (χ1) is 29.7. The highest BCUT2D eigenvalue weighted by atomic mass is 35.5. The Kier molecular flexibility index (Phi) is 11.9. The maximum Gasteiger partial charge on any atom is 0.354 e. The number of carbonyl (C=O) groups excluding carboxylic acids is 1. The Labute approximate surface area is 371 Å². The fourth-order valence-electron chi connectivity index (χ4n) is 8.98. The number of carbonyl (C=O) groups is 2. The third kappa shape index (κ3) is 7.69.